The average molecular weight is 296 g/mol. The van der Waals surface area contributed by atoms with Crippen LogP contribution < -0.4 is 10.2 Å². The van der Waals surface area contributed by atoms with Gasteiger partial charge in [-0.25, -0.2) is 0 Å². The molecule has 1 saturated carbocycles. The zero-order valence-electron chi connectivity index (χ0n) is 11.2. The van der Waals surface area contributed by atoms with Crippen LogP contribution in [0.25, 0.3) is 0 Å². The molecule has 2 aliphatic rings. The van der Waals surface area contributed by atoms with Crippen LogP contribution in [0.1, 0.15) is 25.7 Å². The fourth-order valence-electron chi connectivity index (χ4n) is 2.82. The Morgan fingerprint density at radius 3 is 2.75 bits per heavy atom. The van der Waals surface area contributed by atoms with E-state index in [4.69, 9.17) is 11.6 Å². The van der Waals surface area contributed by atoms with Crippen molar-refractivity contribution in [3.8, 4) is 0 Å². The van der Waals surface area contributed by atoms with E-state index in [9.17, 15) is 10.1 Å². The van der Waals surface area contributed by atoms with Crippen LogP contribution >= 0.6 is 11.6 Å². The van der Waals surface area contributed by atoms with Crippen LogP contribution in [-0.2, 0) is 0 Å². The van der Waals surface area contributed by atoms with Crippen LogP contribution in [0.4, 0.5) is 11.4 Å². The van der Waals surface area contributed by atoms with E-state index in [0.717, 1.165) is 18.8 Å². The van der Waals surface area contributed by atoms with Crippen molar-refractivity contribution in [1.29, 1.82) is 0 Å². The van der Waals surface area contributed by atoms with Gasteiger partial charge < -0.3 is 10.2 Å². The summed E-state index contributed by atoms with van der Waals surface area (Å²) in [6.07, 6.45) is 4.77. The highest BCUT2D eigenvalue weighted by atomic mass is 35.5. The molecule has 1 atom stereocenters. The molecule has 0 radical (unpaired) electrons. The molecule has 5 nitrogen and oxygen atoms in total. The molecule has 1 saturated heterocycles. The van der Waals surface area contributed by atoms with E-state index in [1.807, 2.05) is 0 Å². The van der Waals surface area contributed by atoms with Crippen molar-refractivity contribution in [2.45, 2.75) is 37.8 Å². The van der Waals surface area contributed by atoms with Crippen LogP contribution in [0.5, 0.6) is 0 Å². The lowest BCUT2D eigenvalue weighted by Gasteiger charge is -2.28. The molecule has 1 aliphatic carbocycles. The standard InChI is InChI=1S/C14H18ClN3O2/c15-13-8-12(18(19)20)5-6-14(13)17(11-3-4-11)9-10-2-1-7-16-10/h5-6,8,10-11,16H,1-4,7,9H2. The van der Waals surface area contributed by atoms with Gasteiger partial charge in [-0.15, -0.1) is 0 Å². The van der Waals surface area contributed by atoms with Gasteiger partial charge in [-0.3, -0.25) is 10.1 Å². The van der Waals surface area contributed by atoms with Crippen molar-refractivity contribution < 1.29 is 4.92 Å². The number of hydrogen-bond acceptors (Lipinski definition) is 4. The van der Waals surface area contributed by atoms with Crippen molar-refractivity contribution in [3.63, 3.8) is 0 Å². The summed E-state index contributed by atoms with van der Waals surface area (Å²) >= 11 is 6.26. The Morgan fingerprint density at radius 1 is 1.40 bits per heavy atom. The highest BCUT2D eigenvalue weighted by molar-refractivity contribution is 6.33. The number of non-ortho nitro benzene ring substituents is 1. The average Bonchev–Trinajstić information content (AvgIpc) is 3.14. The molecule has 0 aromatic heterocycles. The molecule has 1 unspecified atom stereocenters. The Labute approximate surface area is 123 Å². The van der Waals surface area contributed by atoms with E-state index in [-0.39, 0.29) is 5.69 Å². The van der Waals surface area contributed by atoms with E-state index in [1.54, 1.807) is 12.1 Å². The van der Waals surface area contributed by atoms with Gasteiger partial charge >= 0.3 is 0 Å². The van der Waals surface area contributed by atoms with Crippen LogP contribution in [0.15, 0.2) is 18.2 Å². The third-order valence-corrected chi connectivity index (χ3v) is 4.32. The van der Waals surface area contributed by atoms with Gasteiger partial charge in [0.1, 0.15) is 0 Å². The minimum atomic E-state index is -0.407. The van der Waals surface area contributed by atoms with Gasteiger partial charge in [-0.2, -0.15) is 0 Å². The summed E-state index contributed by atoms with van der Waals surface area (Å²) in [4.78, 5) is 12.7. The summed E-state index contributed by atoms with van der Waals surface area (Å²) in [5, 5.41) is 14.8. The van der Waals surface area contributed by atoms with E-state index in [0.29, 0.717) is 17.1 Å². The van der Waals surface area contributed by atoms with Gasteiger partial charge in [0.25, 0.3) is 5.69 Å². The number of benzene rings is 1. The van der Waals surface area contributed by atoms with Crippen molar-refractivity contribution in [2.75, 3.05) is 18.0 Å². The van der Waals surface area contributed by atoms with E-state index >= 15 is 0 Å². The zero-order valence-corrected chi connectivity index (χ0v) is 12.0. The van der Waals surface area contributed by atoms with Gasteiger partial charge in [0, 0.05) is 30.8 Å². The number of nitrogens with one attached hydrogen (secondary N) is 1. The lowest BCUT2D eigenvalue weighted by molar-refractivity contribution is -0.384. The van der Waals surface area contributed by atoms with Gasteiger partial charge in [0.2, 0.25) is 0 Å². The summed E-state index contributed by atoms with van der Waals surface area (Å²) in [6, 6.07) is 5.82. The Kier molecular flexibility index (Phi) is 3.81. The second kappa shape index (κ2) is 5.58. The number of rotatable bonds is 5. The Morgan fingerprint density at radius 2 is 2.20 bits per heavy atom. The molecule has 1 aromatic carbocycles. The summed E-state index contributed by atoms with van der Waals surface area (Å²) in [6.45, 7) is 2.01. The molecule has 1 aromatic rings. The Bertz CT molecular complexity index is 513. The number of halogens is 1. The zero-order chi connectivity index (χ0) is 14.1. The molecule has 1 heterocycles. The number of nitro benzene ring substituents is 1. The third kappa shape index (κ3) is 2.88. The monoisotopic (exact) mass is 295 g/mol. The second-order valence-corrected chi connectivity index (χ2v) is 5.98. The molecule has 108 valence electrons. The van der Waals surface area contributed by atoms with Gasteiger partial charge in [-0.1, -0.05) is 11.6 Å². The maximum atomic E-state index is 10.8. The number of hydrogen-bond donors (Lipinski definition) is 1. The van der Waals surface area contributed by atoms with Crippen LogP contribution in [-0.4, -0.2) is 30.1 Å². The van der Waals surface area contributed by atoms with Crippen molar-refractivity contribution in [2.24, 2.45) is 0 Å². The van der Waals surface area contributed by atoms with Crippen LogP contribution in [0, 0.1) is 10.1 Å². The first kappa shape index (κ1) is 13.6. The van der Waals surface area contributed by atoms with Crippen molar-refractivity contribution >= 4 is 23.0 Å². The number of nitro groups is 1. The quantitative estimate of drug-likeness (QED) is 0.670. The van der Waals surface area contributed by atoms with E-state index in [2.05, 4.69) is 10.2 Å². The SMILES string of the molecule is O=[N+]([O-])c1ccc(N(CC2CCCN2)C2CC2)c(Cl)c1. The fraction of sp³-hybridized carbons (Fsp3) is 0.571. The first-order chi connectivity index (χ1) is 9.65. The Hall–Kier alpha value is -1.33. The normalized spacial score (nSPS) is 21.9. The molecular formula is C14H18ClN3O2. The molecule has 6 heteroatoms. The maximum absolute atomic E-state index is 10.8. The molecule has 2 fully saturated rings. The molecular weight excluding hydrogens is 278 g/mol. The van der Waals surface area contributed by atoms with Crippen molar-refractivity contribution in [1.82, 2.24) is 5.32 Å². The van der Waals surface area contributed by atoms with Gasteiger partial charge in [0.15, 0.2) is 0 Å². The highest BCUT2D eigenvalue weighted by Gasteiger charge is 2.32. The van der Waals surface area contributed by atoms with Gasteiger partial charge in [-0.05, 0) is 38.3 Å². The van der Waals surface area contributed by atoms with E-state index in [1.165, 1.54) is 31.7 Å². The topological polar surface area (TPSA) is 58.4 Å². The largest absolute Gasteiger partial charge is 0.366 e. The molecule has 20 heavy (non-hydrogen) atoms. The first-order valence-corrected chi connectivity index (χ1v) is 7.47. The summed E-state index contributed by atoms with van der Waals surface area (Å²) in [5.41, 5.74) is 0.974. The first-order valence-electron chi connectivity index (χ1n) is 7.09. The molecule has 0 spiro atoms. The predicted octanol–water partition coefficient (Wildman–Crippen LogP) is 2.97. The minimum Gasteiger partial charge on any atom is -0.366 e. The highest BCUT2D eigenvalue weighted by Crippen LogP contribution is 2.37. The third-order valence-electron chi connectivity index (χ3n) is 4.02. The lowest BCUT2D eigenvalue weighted by Crippen LogP contribution is -2.39. The van der Waals surface area contributed by atoms with E-state index < -0.39 is 4.92 Å². The second-order valence-electron chi connectivity index (χ2n) is 5.57. The molecule has 0 amide bonds. The van der Waals surface area contributed by atoms with Crippen LogP contribution in [0.2, 0.25) is 5.02 Å². The van der Waals surface area contributed by atoms with Gasteiger partial charge in [0.05, 0.1) is 15.6 Å². The summed E-state index contributed by atoms with van der Waals surface area (Å²) < 4.78 is 0. The lowest BCUT2D eigenvalue weighted by atomic mass is 10.2. The summed E-state index contributed by atoms with van der Waals surface area (Å²) in [7, 11) is 0. The molecule has 1 aliphatic heterocycles. The maximum Gasteiger partial charge on any atom is 0.271 e. The molecule has 0 bridgehead atoms. The number of anilines is 1. The summed E-state index contributed by atoms with van der Waals surface area (Å²) in [5.74, 6) is 0. The molecule has 3 rings (SSSR count). The predicted molar refractivity (Wildman–Crippen MR) is 79.5 cm³/mol. The smallest absolute Gasteiger partial charge is 0.271 e. The van der Waals surface area contributed by atoms with Crippen molar-refractivity contribution in [3.05, 3.63) is 33.3 Å². The fourth-order valence-corrected chi connectivity index (χ4v) is 3.11. The van der Waals surface area contributed by atoms with Crippen LogP contribution in [0.3, 0.4) is 0 Å². The minimum absolute atomic E-state index is 0.0495. The Balaban J connectivity index is 1.81. The number of nitrogens with zero attached hydrogens (tertiary/aromatic N) is 2. The molecule has 1 N–H and O–H groups in total.